The third-order valence-corrected chi connectivity index (χ3v) is 10.3. The molecule has 2 aromatic carbocycles. The molecule has 1 atom stereocenters. The second kappa shape index (κ2) is 14.0. The third kappa shape index (κ3) is 6.51. The molecule has 0 aromatic heterocycles. The van der Waals surface area contributed by atoms with E-state index in [0.29, 0.717) is 6.61 Å². The van der Waals surface area contributed by atoms with Gasteiger partial charge in [-0.05, 0) is 49.1 Å². The van der Waals surface area contributed by atoms with Crippen LogP contribution in [0, 0.1) is 12.3 Å². The molecule has 1 unspecified atom stereocenters. The van der Waals surface area contributed by atoms with Crippen molar-refractivity contribution in [2.24, 2.45) is 0 Å². The molecular formula is C41H50ClN2O+. The molecule has 45 heavy (non-hydrogen) atoms. The van der Waals surface area contributed by atoms with Gasteiger partial charge in [0, 0.05) is 65.3 Å². The fourth-order valence-electron chi connectivity index (χ4n) is 7.27. The molecule has 4 heteroatoms. The second-order valence-electron chi connectivity index (χ2n) is 13.6. The van der Waals surface area contributed by atoms with Crippen LogP contribution in [0.5, 0.6) is 0 Å². The maximum Gasteiger partial charge on any atom is 0.209 e. The monoisotopic (exact) mass is 621 g/mol. The highest BCUT2D eigenvalue weighted by Crippen LogP contribution is 2.48. The number of unbranched alkanes of at least 4 members (excludes halogenated alkanes) is 2. The predicted molar refractivity (Wildman–Crippen MR) is 192 cm³/mol. The first-order valence-electron chi connectivity index (χ1n) is 16.8. The molecule has 5 rings (SSSR count). The zero-order chi connectivity index (χ0) is 32.2. The van der Waals surface area contributed by atoms with Gasteiger partial charge in [0.15, 0.2) is 5.71 Å². The fourth-order valence-corrected chi connectivity index (χ4v) is 7.55. The van der Waals surface area contributed by atoms with E-state index in [1.165, 1.54) is 33.9 Å². The molecule has 0 N–H and O–H groups in total. The smallest absolute Gasteiger partial charge is 0.209 e. The number of para-hydroxylation sites is 2. The van der Waals surface area contributed by atoms with Crippen LogP contribution in [0.3, 0.4) is 0 Å². The summed E-state index contributed by atoms with van der Waals surface area (Å²) in [6, 6.07) is 17.6. The standard InChI is InChI=1S/C41H50ClN2O/c1-8-11-25-43-35-19-15-13-17-33(35)40(4,5)37(43)23-21-30-28-32(45-27-10-3)29-31(39(30)42)22-24-38-41(6,7)34-18-14-16-20-36(34)44(38)26-12-9-2/h3,13-24,32H,8-9,11-12,25-29H2,1-2,4-7H3/q+1. The molecule has 2 heterocycles. The minimum atomic E-state index is -0.101. The van der Waals surface area contributed by atoms with Gasteiger partial charge >= 0.3 is 0 Å². The van der Waals surface area contributed by atoms with Crippen molar-refractivity contribution >= 4 is 28.7 Å². The summed E-state index contributed by atoms with van der Waals surface area (Å²) in [5.74, 6) is 2.66. The van der Waals surface area contributed by atoms with Crippen LogP contribution in [0.2, 0.25) is 0 Å². The lowest BCUT2D eigenvalue weighted by Gasteiger charge is -2.28. The summed E-state index contributed by atoms with van der Waals surface area (Å²) in [7, 11) is 0. The number of anilines is 1. The summed E-state index contributed by atoms with van der Waals surface area (Å²) in [6.07, 6.45) is 20.7. The Labute approximate surface area is 277 Å². The Morgan fingerprint density at radius 1 is 0.933 bits per heavy atom. The van der Waals surface area contributed by atoms with Crippen LogP contribution in [0.1, 0.15) is 91.2 Å². The maximum absolute atomic E-state index is 7.28. The van der Waals surface area contributed by atoms with Gasteiger partial charge < -0.3 is 9.64 Å². The zero-order valence-electron chi connectivity index (χ0n) is 28.1. The van der Waals surface area contributed by atoms with E-state index >= 15 is 0 Å². The van der Waals surface area contributed by atoms with E-state index in [0.717, 1.165) is 67.8 Å². The van der Waals surface area contributed by atoms with Crippen LogP contribution in [-0.2, 0) is 15.6 Å². The molecule has 2 aliphatic heterocycles. The molecule has 0 saturated carbocycles. The van der Waals surface area contributed by atoms with Crippen molar-refractivity contribution in [3.05, 3.63) is 106 Å². The second-order valence-corrected chi connectivity index (χ2v) is 14.0. The van der Waals surface area contributed by atoms with Crippen molar-refractivity contribution < 1.29 is 9.31 Å². The summed E-state index contributed by atoms with van der Waals surface area (Å²) in [5.41, 5.74) is 9.99. The van der Waals surface area contributed by atoms with E-state index in [-0.39, 0.29) is 16.9 Å². The average molecular weight is 622 g/mol. The lowest BCUT2D eigenvalue weighted by Crippen LogP contribution is -2.28. The summed E-state index contributed by atoms with van der Waals surface area (Å²) in [5, 5.41) is 0.825. The molecule has 3 nitrogen and oxygen atoms in total. The van der Waals surface area contributed by atoms with Crippen molar-refractivity contribution in [2.75, 3.05) is 24.6 Å². The van der Waals surface area contributed by atoms with E-state index in [9.17, 15) is 0 Å². The molecule has 0 spiro atoms. The molecule has 0 radical (unpaired) electrons. The van der Waals surface area contributed by atoms with Crippen molar-refractivity contribution in [1.29, 1.82) is 0 Å². The number of hydrogen-bond donors (Lipinski definition) is 0. The number of hydrogen-bond acceptors (Lipinski definition) is 2. The Bertz CT molecular complexity index is 1610. The van der Waals surface area contributed by atoms with Gasteiger partial charge in [0.05, 0.1) is 11.5 Å². The summed E-state index contributed by atoms with van der Waals surface area (Å²) >= 11 is 7.28. The minimum absolute atomic E-state index is 0.0205. The Morgan fingerprint density at radius 2 is 1.64 bits per heavy atom. The summed E-state index contributed by atoms with van der Waals surface area (Å²) in [6.45, 7) is 16.1. The Hall–Kier alpha value is -3.32. The van der Waals surface area contributed by atoms with Gasteiger partial charge in [0.2, 0.25) is 5.69 Å². The third-order valence-electron chi connectivity index (χ3n) is 9.82. The first kappa shape index (κ1) is 33.1. The maximum atomic E-state index is 7.28. The predicted octanol–water partition coefficient (Wildman–Crippen LogP) is 10.1. The van der Waals surface area contributed by atoms with Crippen molar-refractivity contribution in [2.45, 2.75) is 97.0 Å². The van der Waals surface area contributed by atoms with E-state index in [2.05, 4.69) is 130 Å². The Balaban J connectivity index is 1.55. The van der Waals surface area contributed by atoms with E-state index in [4.69, 9.17) is 22.8 Å². The molecule has 1 aliphatic carbocycles. The van der Waals surface area contributed by atoms with Gasteiger partial charge in [-0.25, -0.2) is 0 Å². The molecular weight excluding hydrogens is 572 g/mol. The first-order valence-corrected chi connectivity index (χ1v) is 17.2. The highest BCUT2D eigenvalue weighted by molar-refractivity contribution is 6.32. The van der Waals surface area contributed by atoms with Crippen molar-refractivity contribution in [3.8, 4) is 12.3 Å². The molecule has 236 valence electrons. The Morgan fingerprint density at radius 3 is 2.38 bits per heavy atom. The largest absolute Gasteiger partial charge is 0.365 e. The summed E-state index contributed by atoms with van der Waals surface area (Å²) < 4.78 is 8.67. The lowest BCUT2D eigenvalue weighted by molar-refractivity contribution is -0.438. The topological polar surface area (TPSA) is 15.5 Å². The van der Waals surface area contributed by atoms with Crippen LogP contribution in [0.4, 0.5) is 11.4 Å². The first-order chi connectivity index (χ1) is 21.6. The van der Waals surface area contributed by atoms with Crippen molar-refractivity contribution in [1.82, 2.24) is 0 Å². The Kier molecular flexibility index (Phi) is 10.3. The normalized spacial score (nSPS) is 22.1. The number of ether oxygens (including phenoxy) is 1. The number of terminal acetylenes is 1. The molecule has 0 bridgehead atoms. The highest BCUT2D eigenvalue weighted by Gasteiger charge is 2.44. The van der Waals surface area contributed by atoms with Gasteiger partial charge in [0.25, 0.3) is 0 Å². The average Bonchev–Trinajstić information content (AvgIpc) is 3.39. The number of benzene rings is 2. The zero-order valence-corrected chi connectivity index (χ0v) is 28.9. The molecule has 0 amide bonds. The van der Waals surface area contributed by atoms with E-state index in [1.54, 1.807) is 0 Å². The van der Waals surface area contributed by atoms with E-state index in [1.807, 2.05) is 0 Å². The van der Waals surface area contributed by atoms with Crippen LogP contribution >= 0.6 is 11.6 Å². The fraction of sp³-hybridized carbons (Fsp3) is 0.439. The number of halogens is 1. The number of fused-ring (bicyclic) bond motifs is 2. The molecule has 0 fully saturated rings. The van der Waals surface area contributed by atoms with Crippen LogP contribution < -0.4 is 4.90 Å². The van der Waals surface area contributed by atoms with Crippen LogP contribution in [-0.4, -0.2) is 36.1 Å². The van der Waals surface area contributed by atoms with Gasteiger partial charge in [-0.15, -0.1) is 6.42 Å². The lowest BCUT2D eigenvalue weighted by atomic mass is 9.81. The van der Waals surface area contributed by atoms with Gasteiger partial charge in [-0.1, -0.05) is 107 Å². The van der Waals surface area contributed by atoms with Gasteiger partial charge in [-0.3, -0.25) is 0 Å². The highest BCUT2D eigenvalue weighted by atomic mass is 35.5. The van der Waals surface area contributed by atoms with Crippen LogP contribution in [0.25, 0.3) is 0 Å². The van der Waals surface area contributed by atoms with Crippen molar-refractivity contribution in [3.63, 3.8) is 0 Å². The van der Waals surface area contributed by atoms with Gasteiger partial charge in [0.1, 0.15) is 13.2 Å². The van der Waals surface area contributed by atoms with Crippen LogP contribution in [0.15, 0.2) is 94.7 Å². The van der Waals surface area contributed by atoms with Gasteiger partial charge in [-0.2, -0.15) is 4.58 Å². The number of nitrogens with zero attached hydrogens (tertiary/aromatic N) is 2. The minimum Gasteiger partial charge on any atom is -0.365 e. The summed E-state index contributed by atoms with van der Waals surface area (Å²) in [4.78, 5) is 2.50. The quantitative estimate of drug-likeness (QED) is 0.183. The number of rotatable bonds is 11. The molecule has 2 aromatic rings. The molecule has 0 saturated heterocycles. The molecule has 3 aliphatic rings. The SMILES string of the molecule is C#CCOC1CC(/C=C/C2=[N+](CCCC)c3ccccc3C2(C)C)=C(Cl)C(=C/C=C2/N(CCCC)c3ccccc3C2(C)C)/C1. The van der Waals surface area contributed by atoms with E-state index < -0.39 is 0 Å². The number of allylic oxidation sites excluding steroid dienone is 6.